The van der Waals surface area contributed by atoms with Crippen molar-refractivity contribution in [2.24, 2.45) is 5.92 Å². The third-order valence-corrected chi connectivity index (χ3v) is 7.10. The maximum atomic E-state index is 13.5. The van der Waals surface area contributed by atoms with E-state index in [2.05, 4.69) is 5.10 Å². The number of fused-ring (bicyclic) bond motifs is 3. The van der Waals surface area contributed by atoms with Crippen molar-refractivity contribution in [1.82, 2.24) is 19.0 Å². The number of likely N-dealkylation sites (N-methyl/N-ethyl adjacent to an activating group) is 1. The highest BCUT2D eigenvalue weighted by atomic mass is 32.2. The molecule has 28 heavy (non-hydrogen) atoms. The van der Waals surface area contributed by atoms with Gasteiger partial charge in [0, 0.05) is 32.5 Å². The number of sulfonamides is 1. The number of ether oxygens (including phenoxy) is 2. The van der Waals surface area contributed by atoms with Crippen LogP contribution >= 0.6 is 0 Å². The molecule has 2 saturated heterocycles. The summed E-state index contributed by atoms with van der Waals surface area (Å²) < 4.78 is 40.9. The third kappa shape index (κ3) is 3.17. The average molecular weight is 406 g/mol. The number of hydrogen-bond acceptors (Lipinski definition) is 6. The zero-order chi connectivity index (χ0) is 19.9. The molecule has 9 nitrogen and oxygen atoms in total. The van der Waals surface area contributed by atoms with Gasteiger partial charge < -0.3 is 14.4 Å². The Kier molecular flexibility index (Phi) is 4.86. The van der Waals surface area contributed by atoms with Crippen molar-refractivity contribution in [3.8, 4) is 11.4 Å². The third-order valence-electron chi connectivity index (χ3n) is 5.25. The van der Waals surface area contributed by atoms with Crippen LogP contribution in [0.4, 0.5) is 0 Å². The van der Waals surface area contributed by atoms with Gasteiger partial charge in [-0.05, 0) is 24.3 Å². The summed E-state index contributed by atoms with van der Waals surface area (Å²) in [6.07, 6.45) is 3.36. The Morgan fingerprint density at radius 3 is 2.79 bits per heavy atom. The van der Waals surface area contributed by atoms with Gasteiger partial charge in [-0.3, -0.25) is 4.79 Å². The lowest BCUT2D eigenvalue weighted by Gasteiger charge is -2.29. The molecular formula is C18H22N4O5S. The minimum atomic E-state index is -3.90. The van der Waals surface area contributed by atoms with E-state index in [1.54, 1.807) is 53.3 Å². The zero-order valence-corrected chi connectivity index (χ0v) is 16.5. The Morgan fingerprint density at radius 2 is 2.07 bits per heavy atom. The summed E-state index contributed by atoms with van der Waals surface area (Å²) in [5.41, 5.74) is 0.607. The van der Waals surface area contributed by atoms with E-state index in [4.69, 9.17) is 9.47 Å². The molecule has 1 aromatic heterocycles. The van der Waals surface area contributed by atoms with E-state index in [9.17, 15) is 13.2 Å². The van der Waals surface area contributed by atoms with Crippen LogP contribution in [-0.4, -0.2) is 79.8 Å². The predicted molar refractivity (Wildman–Crippen MR) is 99.7 cm³/mol. The fraction of sp³-hybridized carbons (Fsp3) is 0.444. The standard InChI is InChI=1S/C18H22N4O5S/c1-20-15-10-21(9-13(18(20)23)11-27-12-15)28(24,25)17-8-14(4-5-16(17)26-2)22-7-3-6-19-22/h3-8,13,15H,9-12H2,1-2H3/t13-,15+/m1/s1. The molecule has 0 spiro atoms. The van der Waals surface area contributed by atoms with E-state index in [-0.39, 0.29) is 42.3 Å². The predicted octanol–water partition coefficient (Wildman–Crippen LogP) is 0.359. The smallest absolute Gasteiger partial charge is 0.246 e. The van der Waals surface area contributed by atoms with Crippen LogP contribution in [0.2, 0.25) is 0 Å². The van der Waals surface area contributed by atoms with E-state index >= 15 is 0 Å². The number of methoxy groups -OCH3 is 1. The number of benzene rings is 1. The van der Waals surface area contributed by atoms with Crippen LogP contribution in [0.25, 0.3) is 5.69 Å². The SMILES string of the molecule is COc1ccc(-n2cccn2)cc1S(=O)(=O)N1C[C@@H]2COC[C@H](C1)N(C)C2=O. The first-order chi connectivity index (χ1) is 13.4. The number of carbonyl (C=O) groups excluding carboxylic acids is 1. The fourth-order valence-electron chi connectivity index (χ4n) is 3.63. The second-order valence-corrected chi connectivity index (χ2v) is 8.85. The van der Waals surface area contributed by atoms with Crippen LogP contribution in [0.3, 0.4) is 0 Å². The molecule has 10 heteroatoms. The molecule has 2 atom stereocenters. The highest BCUT2D eigenvalue weighted by Gasteiger charge is 2.42. The van der Waals surface area contributed by atoms with Crippen molar-refractivity contribution in [3.05, 3.63) is 36.7 Å². The number of amides is 1. The van der Waals surface area contributed by atoms with Crippen LogP contribution in [0.1, 0.15) is 0 Å². The highest BCUT2D eigenvalue weighted by Crippen LogP contribution is 2.31. The number of carbonyl (C=O) groups is 1. The molecule has 0 saturated carbocycles. The van der Waals surface area contributed by atoms with Gasteiger partial charge >= 0.3 is 0 Å². The van der Waals surface area contributed by atoms with E-state index < -0.39 is 15.9 Å². The second kappa shape index (κ2) is 7.19. The van der Waals surface area contributed by atoms with Gasteiger partial charge in [-0.1, -0.05) is 0 Å². The summed E-state index contributed by atoms with van der Waals surface area (Å²) in [7, 11) is -0.765. The second-order valence-electron chi connectivity index (χ2n) is 6.95. The number of rotatable bonds is 4. The van der Waals surface area contributed by atoms with Gasteiger partial charge in [0.05, 0.1) is 38.0 Å². The van der Waals surface area contributed by atoms with Gasteiger partial charge in [-0.15, -0.1) is 0 Å². The van der Waals surface area contributed by atoms with Gasteiger partial charge in [-0.25, -0.2) is 13.1 Å². The maximum absolute atomic E-state index is 13.5. The van der Waals surface area contributed by atoms with Gasteiger partial charge in [-0.2, -0.15) is 9.40 Å². The number of aromatic nitrogens is 2. The topological polar surface area (TPSA) is 94.0 Å². The molecule has 2 aromatic rings. The maximum Gasteiger partial charge on any atom is 0.246 e. The van der Waals surface area contributed by atoms with Crippen molar-refractivity contribution >= 4 is 15.9 Å². The molecule has 2 aliphatic heterocycles. The molecular weight excluding hydrogens is 384 g/mol. The molecule has 0 aliphatic carbocycles. The van der Waals surface area contributed by atoms with Crippen LogP contribution in [0.15, 0.2) is 41.6 Å². The van der Waals surface area contributed by atoms with Crippen molar-refractivity contribution in [2.45, 2.75) is 10.9 Å². The summed E-state index contributed by atoms with van der Waals surface area (Å²) in [6, 6.07) is 6.34. The summed E-state index contributed by atoms with van der Waals surface area (Å²) in [5.74, 6) is -0.355. The number of hydrogen-bond donors (Lipinski definition) is 0. The van der Waals surface area contributed by atoms with Crippen molar-refractivity contribution < 1.29 is 22.7 Å². The molecule has 150 valence electrons. The molecule has 0 unspecified atom stereocenters. The van der Waals surface area contributed by atoms with E-state index in [0.29, 0.717) is 12.3 Å². The Morgan fingerprint density at radius 1 is 1.25 bits per heavy atom. The lowest BCUT2D eigenvalue weighted by atomic mass is 10.1. The Balaban J connectivity index is 1.76. The summed E-state index contributed by atoms with van der Waals surface area (Å²) in [4.78, 5) is 14.2. The van der Waals surface area contributed by atoms with Crippen molar-refractivity contribution in [3.63, 3.8) is 0 Å². The Labute approximate surface area is 163 Å². The van der Waals surface area contributed by atoms with Gasteiger partial charge in [0.1, 0.15) is 10.6 Å². The lowest BCUT2D eigenvalue weighted by molar-refractivity contribution is -0.133. The monoisotopic (exact) mass is 406 g/mol. The summed E-state index contributed by atoms with van der Waals surface area (Å²) >= 11 is 0. The van der Waals surface area contributed by atoms with Crippen LogP contribution in [0, 0.1) is 5.92 Å². The minimum absolute atomic E-state index is 0.0546. The molecule has 0 N–H and O–H groups in total. The van der Waals surface area contributed by atoms with Crippen LogP contribution in [0.5, 0.6) is 5.75 Å². The molecule has 2 aliphatic rings. The Bertz CT molecular complexity index is 976. The van der Waals surface area contributed by atoms with Gasteiger partial charge in [0.2, 0.25) is 15.9 Å². The molecule has 0 radical (unpaired) electrons. The van der Waals surface area contributed by atoms with Crippen molar-refractivity contribution in [2.75, 3.05) is 40.5 Å². The molecule has 3 heterocycles. The van der Waals surface area contributed by atoms with Crippen molar-refractivity contribution in [1.29, 1.82) is 0 Å². The highest BCUT2D eigenvalue weighted by molar-refractivity contribution is 7.89. The van der Waals surface area contributed by atoms with E-state index in [0.717, 1.165) is 0 Å². The summed E-state index contributed by atoms with van der Waals surface area (Å²) in [6.45, 7) is 0.790. The normalized spacial score (nSPS) is 23.5. The van der Waals surface area contributed by atoms with E-state index in [1.165, 1.54) is 11.4 Å². The first kappa shape index (κ1) is 18.9. The molecule has 1 amide bonds. The van der Waals surface area contributed by atoms with Gasteiger partial charge in [0.25, 0.3) is 0 Å². The Hall–Kier alpha value is -2.43. The molecule has 4 rings (SSSR count). The zero-order valence-electron chi connectivity index (χ0n) is 15.7. The first-order valence-corrected chi connectivity index (χ1v) is 10.4. The molecule has 1 aromatic carbocycles. The first-order valence-electron chi connectivity index (χ1n) is 8.94. The molecule has 2 fully saturated rings. The largest absolute Gasteiger partial charge is 0.495 e. The van der Waals surface area contributed by atoms with Gasteiger partial charge in [0.15, 0.2) is 0 Å². The fourth-order valence-corrected chi connectivity index (χ4v) is 5.32. The quantitative estimate of drug-likeness (QED) is 0.728. The molecule has 2 bridgehead atoms. The van der Waals surface area contributed by atoms with E-state index in [1.807, 2.05) is 0 Å². The minimum Gasteiger partial charge on any atom is -0.495 e. The van der Waals surface area contributed by atoms with Crippen LogP contribution in [-0.2, 0) is 19.6 Å². The van der Waals surface area contributed by atoms with Crippen LogP contribution < -0.4 is 4.74 Å². The summed E-state index contributed by atoms with van der Waals surface area (Å²) in [5, 5.41) is 4.16. The average Bonchev–Trinajstić information content (AvgIpc) is 3.13. The lowest BCUT2D eigenvalue weighted by Crippen LogP contribution is -2.45. The number of nitrogens with zero attached hydrogens (tertiary/aromatic N) is 4.